The van der Waals surface area contributed by atoms with E-state index in [-0.39, 0.29) is 6.03 Å². The van der Waals surface area contributed by atoms with E-state index in [1.807, 2.05) is 48.5 Å². The van der Waals surface area contributed by atoms with Gasteiger partial charge in [-0.2, -0.15) is 0 Å². The van der Waals surface area contributed by atoms with Crippen LogP contribution in [-0.4, -0.2) is 94.7 Å². The van der Waals surface area contributed by atoms with E-state index < -0.39 is 0 Å². The zero-order valence-corrected chi connectivity index (χ0v) is 20.2. The fourth-order valence-electron chi connectivity index (χ4n) is 4.01. The number of morpholine rings is 2. The monoisotopic (exact) mass is 484 g/mol. The molecule has 35 heavy (non-hydrogen) atoms. The van der Waals surface area contributed by atoms with Crippen LogP contribution < -0.4 is 20.1 Å². The number of hydrogen-bond donors (Lipinski definition) is 2. The lowest BCUT2D eigenvalue weighted by molar-refractivity contribution is 0.0322. The molecule has 2 aliphatic heterocycles. The number of amides is 2. The van der Waals surface area contributed by atoms with Gasteiger partial charge in [0.05, 0.1) is 33.0 Å². The van der Waals surface area contributed by atoms with Gasteiger partial charge in [0.15, 0.2) is 0 Å². The van der Waals surface area contributed by atoms with Crippen molar-refractivity contribution in [2.24, 2.45) is 0 Å². The average Bonchev–Trinajstić information content (AvgIpc) is 2.89. The van der Waals surface area contributed by atoms with Crippen LogP contribution in [0.15, 0.2) is 48.5 Å². The highest BCUT2D eigenvalue weighted by Gasteiger charge is 2.11. The summed E-state index contributed by atoms with van der Waals surface area (Å²) >= 11 is 0. The van der Waals surface area contributed by atoms with Gasteiger partial charge in [-0.1, -0.05) is 6.07 Å². The van der Waals surface area contributed by atoms with Crippen molar-refractivity contribution in [2.45, 2.75) is 6.42 Å². The summed E-state index contributed by atoms with van der Waals surface area (Å²) in [6.07, 6.45) is 0.949. The summed E-state index contributed by atoms with van der Waals surface area (Å²) in [6, 6.07) is 14.5. The maximum absolute atomic E-state index is 12.4. The number of benzene rings is 2. The van der Waals surface area contributed by atoms with E-state index in [4.69, 9.17) is 18.9 Å². The van der Waals surface area contributed by atoms with Crippen molar-refractivity contribution in [3.63, 3.8) is 0 Å². The second-order valence-electron chi connectivity index (χ2n) is 8.59. The molecule has 2 heterocycles. The highest BCUT2D eigenvalue weighted by Crippen LogP contribution is 2.19. The van der Waals surface area contributed by atoms with E-state index in [1.165, 1.54) is 0 Å². The van der Waals surface area contributed by atoms with E-state index in [2.05, 4.69) is 20.4 Å². The van der Waals surface area contributed by atoms with Crippen molar-refractivity contribution < 1.29 is 23.7 Å². The molecule has 2 aromatic carbocycles. The first-order chi connectivity index (χ1) is 17.2. The van der Waals surface area contributed by atoms with Crippen LogP contribution >= 0.6 is 0 Å². The van der Waals surface area contributed by atoms with Crippen molar-refractivity contribution in [3.8, 4) is 11.5 Å². The number of nitrogens with zero attached hydrogens (tertiary/aromatic N) is 2. The summed E-state index contributed by atoms with van der Waals surface area (Å²) in [4.78, 5) is 17.2. The Labute approximate surface area is 207 Å². The molecule has 2 amide bonds. The number of rotatable bonds is 11. The number of anilines is 2. The molecule has 9 nitrogen and oxygen atoms in total. The van der Waals surface area contributed by atoms with Crippen LogP contribution in [0.2, 0.25) is 0 Å². The third-order valence-electron chi connectivity index (χ3n) is 5.98. The molecule has 0 spiro atoms. The topological polar surface area (TPSA) is 84.5 Å². The maximum Gasteiger partial charge on any atom is 0.323 e. The van der Waals surface area contributed by atoms with Crippen LogP contribution in [-0.2, 0) is 9.47 Å². The number of ether oxygens (including phenoxy) is 4. The summed E-state index contributed by atoms with van der Waals surface area (Å²) in [5, 5.41) is 5.71. The summed E-state index contributed by atoms with van der Waals surface area (Å²) in [5.41, 5.74) is 1.37. The highest BCUT2D eigenvalue weighted by molar-refractivity contribution is 5.99. The van der Waals surface area contributed by atoms with Crippen molar-refractivity contribution in [2.75, 3.05) is 89.5 Å². The van der Waals surface area contributed by atoms with Gasteiger partial charge in [0.2, 0.25) is 0 Å². The fourth-order valence-corrected chi connectivity index (χ4v) is 4.01. The largest absolute Gasteiger partial charge is 0.493 e. The van der Waals surface area contributed by atoms with Crippen molar-refractivity contribution >= 4 is 17.4 Å². The Morgan fingerprint density at radius 3 is 2.09 bits per heavy atom. The van der Waals surface area contributed by atoms with Crippen LogP contribution in [0.1, 0.15) is 6.42 Å². The van der Waals surface area contributed by atoms with Crippen LogP contribution in [0.3, 0.4) is 0 Å². The highest BCUT2D eigenvalue weighted by atomic mass is 16.5. The van der Waals surface area contributed by atoms with Gasteiger partial charge < -0.3 is 29.6 Å². The molecular formula is C26H36N4O5. The van der Waals surface area contributed by atoms with Gasteiger partial charge in [0.25, 0.3) is 0 Å². The molecular weight excluding hydrogens is 448 g/mol. The standard InChI is InChI=1S/C26H36N4O5/c31-26(27-22-5-7-24(8-6-22)35-20-14-30-12-18-33-19-13-30)28-23-3-1-4-25(21-23)34-15-2-9-29-10-16-32-17-11-29/h1,3-8,21H,2,9-20H2,(H2,27,28,31). The lowest BCUT2D eigenvalue weighted by Gasteiger charge is -2.26. The Hall–Kier alpha value is -2.85. The quantitative estimate of drug-likeness (QED) is 0.474. The predicted octanol–water partition coefficient (Wildman–Crippen LogP) is 3.14. The van der Waals surface area contributed by atoms with Crippen LogP contribution in [0, 0.1) is 0 Å². The van der Waals surface area contributed by atoms with E-state index in [0.29, 0.717) is 24.6 Å². The fraction of sp³-hybridized carbons (Fsp3) is 0.500. The summed E-state index contributed by atoms with van der Waals surface area (Å²) in [6.45, 7) is 10.2. The molecule has 0 aliphatic carbocycles. The smallest absolute Gasteiger partial charge is 0.323 e. The number of urea groups is 1. The Bertz CT molecular complexity index is 899. The lowest BCUT2D eigenvalue weighted by Crippen LogP contribution is -2.38. The second-order valence-corrected chi connectivity index (χ2v) is 8.59. The molecule has 0 saturated carbocycles. The van der Waals surface area contributed by atoms with Gasteiger partial charge in [0.1, 0.15) is 18.1 Å². The molecule has 0 bridgehead atoms. The summed E-state index contributed by atoms with van der Waals surface area (Å²) < 4.78 is 22.4. The van der Waals surface area contributed by atoms with E-state index >= 15 is 0 Å². The Morgan fingerprint density at radius 2 is 1.37 bits per heavy atom. The van der Waals surface area contributed by atoms with Gasteiger partial charge >= 0.3 is 6.03 Å². The van der Waals surface area contributed by atoms with E-state index in [1.54, 1.807) is 0 Å². The first-order valence-corrected chi connectivity index (χ1v) is 12.4. The van der Waals surface area contributed by atoms with Crippen LogP contribution in [0.25, 0.3) is 0 Å². The number of carbonyl (C=O) groups excluding carboxylic acids is 1. The first kappa shape index (κ1) is 25.2. The molecule has 0 unspecified atom stereocenters. The molecule has 4 rings (SSSR count). The molecule has 2 aromatic rings. The molecule has 0 radical (unpaired) electrons. The molecule has 2 fully saturated rings. The average molecular weight is 485 g/mol. The van der Waals surface area contributed by atoms with Gasteiger partial charge in [-0.3, -0.25) is 9.80 Å². The molecule has 0 aromatic heterocycles. The minimum absolute atomic E-state index is 0.310. The zero-order valence-electron chi connectivity index (χ0n) is 20.2. The van der Waals surface area contributed by atoms with Gasteiger partial charge in [-0.05, 0) is 42.8 Å². The van der Waals surface area contributed by atoms with Crippen molar-refractivity contribution in [1.29, 1.82) is 0 Å². The molecule has 2 N–H and O–H groups in total. The SMILES string of the molecule is O=C(Nc1ccc(OCCN2CCOCC2)cc1)Nc1cccc(OCCCN2CCOCC2)c1. The normalized spacial score (nSPS) is 17.0. The predicted molar refractivity (Wildman–Crippen MR) is 136 cm³/mol. The summed E-state index contributed by atoms with van der Waals surface area (Å²) in [7, 11) is 0. The van der Waals surface area contributed by atoms with Crippen LogP contribution in [0.4, 0.5) is 16.2 Å². The van der Waals surface area contributed by atoms with E-state index in [0.717, 1.165) is 83.6 Å². The van der Waals surface area contributed by atoms with Gasteiger partial charge in [0, 0.05) is 56.7 Å². The van der Waals surface area contributed by atoms with Gasteiger partial charge in [-0.25, -0.2) is 4.79 Å². The Morgan fingerprint density at radius 1 is 0.743 bits per heavy atom. The number of carbonyl (C=O) groups is 1. The molecule has 9 heteroatoms. The molecule has 2 aliphatic rings. The molecule has 190 valence electrons. The van der Waals surface area contributed by atoms with Crippen molar-refractivity contribution in [3.05, 3.63) is 48.5 Å². The zero-order chi connectivity index (χ0) is 24.1. The number of nitrogens with one attached hydrogen (secondary N) is 2. The lowest BCUT2D eigenvalue weighted by atomic mass is 10.3. The second kappa shape index (κ2) is 13.9. The number of hydrogen-bond acceptors (Lipinski definition) is 7. The van der Waals surface area contributed by atoms with E-state index in [9.17, 15) is 4.79 Å². The third kappa shape index (κ3) is 9.03. The minimum atomic E-state index is -0.310. The molecule has 0 atom stereocenters. The van der Waals surface area contributed by atoms with Crippen molar-refractivity contribution in [1.82, 2.24) is 9.80 Å². The minimum Gasteiger partial charge on any atom is -0.493 e. The first-order valence-electron chi connectivity index (χ1n) is 12.4. The van der Waals surface area contributed by atoms with Gasteiger partial charge in [-0.15, -0.1) is 0 Å². The third-order valence-corrected chi connectivity index (χ3v) is 5.98. The Balaban J connectivity index is 1.14. The molecule has 2 saturated heterocycles. The Kier molecular flexibility index (Phi) is 10.0. The van der Waals surface area contributed by atoms with Crippen LogP contribution in [0.5, 0.6) is 11.5 Å². The maximum atomic E-state index is 12.4. The summed E-state index contributed by atoms with van der Waals surface area (Å²) in [5.74, 6) is 1.52.